The topological polar surface area (TPSA) is 58.2 Å². The lowest BCUT2D eigenvalue weighted by Crippen LogP contribution is -2.27. The van der Waals surface area contributed by atoms with Crippen LogP contribution in [0.4, 0.5) is 18.9 Å². The molecule has 0 aliphatic carbocycles. The Bertz CT molecular complexity index is 530. The van der Waals surface area contributed by atoms with Crippen LogP contribution in [0.5, 0.6) is 0 Å². The minimum absolute atomic E-state index is 0.192. The molecule has 2 N–H and O–H groups in total. The van der Waals surface area contributed by atoms with Crippen LogP contribution in [0, 0.1) is 0 Å². The fourth-order valence-corrected chi connectivity index (χ4v) is 2.57. The van der Waals surface area contributed by atoms with Crippen molar-refractivity contribution in [2.24, 2.45) is 0 Å². The molecule has 1 aromatic rings. The van der Waals surface area contributed by atoms with Gasteiger partial charge in [0.05, 0.1) is 17.0 Å². The summed E-state index contributed by atoms with van der Waals surface area (Å²) in [6.45, 7) is 2.78. The summed E-state index contributed by atoms with van der Waals surface area (Å²) in [5.41, 5.74) is -1.44. The van der Waals surface area contributed by atoms with Crippen molar-refractivity contribution in [2.45, 2.75) is 19.5 Å². The Morgan fingerprint density at radius 1 is 1.15 bits per heavy atom. The summed E-state index contributed by atoms with van der Waals surface area (Å²) in [6, 6.07) is 4.50. The van der Waals surface area contributed by atoms with Crippen molar-refractivity contribution in [3.8, 4) is 0 Å². The van der Waals surface area contributed by atoms with Crippen LogP contribution in [0.2, 0.25) is 0 Å². The lowest BCUT2D eigenvalue weighted by molar-refractivity contribution is -0.136. The van der Waals surface area contributed by atoms with E-state index in [-0.39, 0.29) is 12.3 Å². The normalized spacial score (nSPS) is 12.4. The van der Waals surface area contributed by atoms with Crippen LogP contribution in [0.1, 0.15) is 18.9 Å². The molecule has 8 heteroatoms. The molecule has 0 fully saturated rings. The maximum Gasteiger partial charge on any atom is 0.418 e. The number of alkyl halides is 3. The van der Waals surface area contributed by atoms with Crippen molar-refractivity contribution in [3.63, 3.8) is 0 Å². The molecule has 1 aromatic carbocycles. The Hall–Kier alpha value is -1.28. The van der Waals surface area contributed by atoms with Gasteiger partial charge in [0.2, 0.25) is 10.0 Å². The molecule has 0 atom stereocenters. The lowest BCUT2D eigenvalue weighted by Gasteiger charge is -2.14. The van der Waals surface area contributed by atoms with Crippen LogP contribution in [0.25, 0.3) is 0 Å². The van der Waals surface area contributed by atoms with Gasteiger partial charge in [0.15, 0.2) is 0 Å². The van der Waals surface area contributed by atoms with Crippen LogP contribution in [0.3, 0.4) is 0 Å². The van der Waals surface area contributed by atoms with E-state index in [2.05, 4.69) is 5.32 Å². The molecule has 114 valence electrons. The second-order valence-corrected chi connectivity index (χ2v) is 6.06. The molecule has 20 heavy (non-hydrogen) atoms. The van der Waals surface area contributed by atoms with Gasteiger partial charge < -0.3 is 5.32 Å². The zero-order valence-corrected chi connectivity index (χ0v) is 11.8. The largest absolute Gasteiger partial charge is 0.418 e. The van der Waals surface area contributed by atoms with Gasteiger partial charge in [0, 0.05) is 6.54 Å². The average Bonchev–Trinajstić information content (AvgIpc) is 2.33. The summed E-state index contributed by atoms with van der Waals surface area (Å²) in [7, 11) is -3.81. The standard InChI is InChI=1S/C12H17F3N2O2S/c1-2-7-16-8-9-20(18,19)17-11-6-4-3-5-10(11)12(13,14)15/h3-6,16-17H,2,7-9H2,1H3. The number of nitrogens with one attached hydrogen (secondary N) is 2. The first-order valence-electron chi connectivity index (χ1n) is 6.13. The van der Waals surface area contributed by atoms with Gasteiger partial charge in [-0.15, -0.1) is 0 Å². The van der Waals surface area contributed by atoms with E-state index in [0.717, 1.165) is 18.6 Å². The van der Waals surface area contributed by atoms with Gasteiger partial charge >= 0.3 is 6.18 Å². The summed E-state index contributed by atoms with van der Waals surface area (Å²) >= 11 is 0. The number of hydrogen-bond donors (Lipinski definition) is 2. The minimum atomic E-state index is -4.60. The molecule has 0 aliphatic rings. The summed E-state index contributed by atoms with van der Waals surface area (Å²) in [5, 5.41) is 2.88. The van der Waals surface area contributed by atoms with Crippen LogP contribution in [-0.2, 0) is 16.2 Å². The van der Waals surface area contributed by atoms with Crippen molar-refractivity contribution in [1.29, 1.82) is 0 Å². The molecule has 0 amide bonds. The van der Waals surface area contributed by atoms with E-state index < -0.39 is 27.5 Å². The fraction of sp³-hybridized carbons (Fsp3) is 0.500. The van der Waals surface area contributed by atoms with E-state index >= 15 is 0 Å². The Balaban J connectivity index is 2.78. The van der Waals surface area contributed by atoms with Crippen molar-refractivity contribution in [1.82, 2.24) is 5.32 Å². The Labute approximate surface area is 116 Å². The number of halogens is 3. The van der Waals surface area contributed by atoms with Crippen molar-refractivity contribution < 1.29 is 21.6 Å². The van der Waals surface area contributed by atoms with Crippen molar-refractivity contribution in [3.05, 3.63) is 29.8 Å². The molecule has 0 aromatic heterocycles. The minimum Gasteiger partial charge on any atom is -0.316 e. The molecular weight excluding hydrogens is 293 g/mol. The van der Waals surface area contributed by atoms with Gasteiger partial charge in [-0.2, -0.15) is 13.2 Å². The predicted octanol–water partition coefficient (Wildman–Crippen LogP) is 2.45. The second-order valence-electron chi connectivity index (χ2n) is 4.21. The zero-order valence-electron chi connectivity index (χ0n) is 11.0. The SMILES string of the molecule is CCCNCCS(=O)(=O)Nc1ccccc1C(F)(F)F. The van der Waals surface area contributed by atoms with E-state index in [4.69, 9.17) is 0 Å². The Kier molecular flexibility index (Phi) is 5.82. The Morgan fingerprint density at radius 3 is 2.40 bits per heavy atom. The summed E-state index contributed by atoms with van der Waals surface area (Å²) in [6.07, 6.45) is -3.75. The quantitative estimate of drug-likeness (QED) is 0.761. The number of sulfonamides is 1. The number of benzene rings is 1. The predicted molar refractivity (Wildman–Crippen MR) is 72.0 cm³/mol. The van der Waals surface area contributed by atoms with Gasteiger partial charge in [-0.1, -0.05) is 19.1 Å². The van der Waals surface area contributed by atoms with Gasteiger partial charge in [-0.3, -0.25) is 4.72 Å². The molecule has 4 nitrogen and oxygen atoms in total. The highest BCUT2D eigenvalue weighted by molar-refractivity contribution is 7.92. The zero-order chi connectivity index (χ0) is 15.2. The van der Waals surface area contributed by atoms with Gasteiger partial charge in [0.25, 0.3) is 0 Å². The molecule has 1 rings (SSSR count). The summed E-state index contributed by atoms with van der Waals surface area (Å²) < 4.78 is 63.6. The molecule has 0 spiro atoms. The lowest BCUT2D eigenvalue weighted by atomic mass is 10.2. The third kappa shape index (κ3) is 5.38. The first kappa shape index (κ1) is 16.8. The first-order chi connectivity index (χ1) is 9.26. The van der Waals surface area contributed by atoms with E-state index in [1.165, 1.54) is 12.1 Å². The molecule has 0 unspecified atom stereocenters. The van der Waals surface area contributed by atoms with Crippen LogP contribution < -0.4 is 10.0 Å². The Morgan fingerprint density at radius 2 is 1.80 bits per heavy atom. The molecule has 0 heterocycles. The highest BCUT2D eigenvalue weighted by Gasteiger charge is 2.34. The van der Waals surface area contributed by atoms with Crippen LogP contribution >= 0.6 is 0 Å². The van der Waals surface area contributed by atoms with Gasteiger partial charge in [-0.05, 0) is 25.1 Å². The molecule has 0 bridgehead atoms. The fourth-order valence-electron chi connectivity index (χ4n) is 1.55. The molecule has 0 saturated carbocycles. The van der Waals surface area contributed by atoms with Crippen molar-refractivity contribution >= 4 is 15.7 Å². The molecular formula is C12H17F3N2O2S. The summed E-state index contributed by atoms with van der Waals surface area (Å²) in [5.74, 6) is -0.279. The molecule has 0 radical (unpaired) electrons. The van der Waals surface area contributed by atoms with E-state index in [0.29, 0.717) is 6.54 Å². The van der Waals surface area contributed by atoms with Crippen molar-refractivity contribution in [2.75, 3.05) is 23.6 Å². The highest BCUT2D eigenvalue weighted by atomic mass is 32.2. The third-order valence-electron chi connectivity index (χ3n) is 2.47. The number of rotatable bonds is 7. The molecule has 0 aliphatic heterocycles. The maximum absolute atomic E-state index is 12.7. The van der Waals surface area contributed by atoms with E-state index in [9.17, 15) is 21.6 Å². The van der Waals surface area contributed by atoms with Gasteiger partial charge in [-0.25, -0.2) is 8.42 Å². The number of para-hydroxylation sites is 1. The van der Waals surface area contributed by atoms with Gasteiger partial charge in [0.1, 0.15) is 0 Å². The highest BCUT2D eigenvalue weighted by Crippen LogP contribution is 2.34. The summed E-state index contributed by atoms with van der Waals surface area (Å²) in [4.78, 5) is 0. The molecule has 0 saturated heterocycles. The smallest absolute Gasteiger partial charge is 0.316 e. The van der Waals surface area contributed by atoms with Crippen LogP contribution in [-0.4, -0.2) is 27.3 Å². The number of anilines is 1. The maximum atomic E-state index is 12.7. The average molecular weight is 310 g/mol. The van der Waals surface area contributed by atoms with Crippen LogP contribution in [0.15, 0.2) is 24.3 Å². The van der Waals surface area contributed by atoms with E-state index in [1.807, 2.05) is 11.6 Å². The monoisotopic (exact) mass is 310 g/mol. The second kappa shape index (κ2) is 6.94. The first-order valence-corrected chi connectivity index (χ1v) is 7.79. The number of hydrogen-bond acceptors (Lipinski definition) is 3. The van der Waals surface area contributed by atoms with E-state index in [1.54, 1.807) is 0 Å². The third-order valence-corrected chi connectivity index (χ3v) is 3.74.